The first-order valence-electron chi connectivity index (χ1n) is 9.15. The number of hydrogen-bond donors (Lipinski definition) is 0. The van der Waals surface area contributed by atoms with E-state index in [-0.39, 0.29) is 29.8 Å². The molecule has 0 aromatic heterocycles. The number of carbonyl (C=O) groups excluding carboxylic acids is 2. The molecule has 6 heteroatoms. The molecule has 144 valence electrons. The molecule has 0 saturated carbocycles. The van der Waals surface area contributed by atoms with Gasteiger partial charge in [-0.15, -0.1) is 11.8 Å². The molecular weight excluding hydrogens is 350 g/mol. The number of ether oxygens (including phenoxy) is 2. The zero-order chi connectivity index (χ0) is 19.1. The number of rotatable bonds is 8. The molecule has 1 aliphatic rings. The molecule has 0 spiro atoms. The van der Waals surface area contributed by atoms with Crippen LogP contribution < -0.4 is 4.74 Å². The van der Waals surface area contributed by atoms with Gasteiger partial charge >= 0.3 is 5.97 Å². The van der Waals surface area contributed by atoms with Crippen molar-refractivity contribution in [2.75, 3.05) is 19.0 Å². The molecule has 5 nitrogen and oxygen atoms in total. The van der Waals surface area contributed by atoms with Crippen LogP contribution in [0.25, 0.3) is 0 Å². The van der Waals surface area contributed by atoms with E-state index in [0.29, 0.717) is 24.0 Å². The Balaban J connectivity index is 2.05. The number of esters is 1. The highest BCUT2D eigenvalue weighted by Gasteiger charge is 2.42. The molecule has 0 bridgehead atoms. The summed E-state index contributed by atoms with van der Waals surface area (Å²) >= 11 is 1.65. The Labute approximate surface area is 160 Å². The van der Waals surface area contributed by atoms with Crippen molar-refractivity contribution >= 4 is 23.6 Å². The molecule has 0 N–H and O–H groups in total. The lowest BCUT2D eigenvalue weighted by Crippen LogP contribution is -2.48. The lowest BCUT2D eigenvalue weighted by atomic mass is 10.1. The van der Waals surface area contributed by atoms with Crippen molar-refractivity contribution in [3.8, 4) is 5.75 Å². The molecule has 2 rings (SSSR count). The van der Waals surface area contributed by atoms with E-state index < -0.39 is 6.04 Å². The van der Waals surface area contributed by atoms with Crippen LogP contribution in [0.3, 0.4) is 0 Å². The number of benzene rings is 1. The topological polar surface area (TPSA) is 55.8 Å². The maximum Gasteiger partial charge on any atom is 0.329 e. The second kappa shape index (κ2) is 9.86. The fraction of sp³-hybridized carbons (Fsp3) is 0.600. The maximum absolute atomic E-state index is 12.8. The van der Waals surface area contributed by atoms with Gasteiger partial charge in [0.2, 0.25) is 0 Å². The monoisotopic (exact) mass is 379 g/mol. The summed E-state index contributed by atoms with van der Waals surface area (Å²) in [5, 5.41) is -0.0153. The summed E-state index contributed by atoms with van der Waals surface area (Å²) in [7, 11) is 0. The standard InChI is InChI=1S/C20H29NO4S/c1-14(2)10-19-21(17(13-26-19)20(23)25-11-15(3)4)18(22)12-24-16-8-6-5-7-9-16/h5-9,14-15,17,19H,10-13H2,1-4H3. The number of para-hydroxylation sites is 1. The fourth-order valence-corrected chi connectivity index (χ4v) is 4.39. The molecular formula is C20H29NO4S. The molecule has 0 aliphatic carbocycles. The van der Waals surface area contributed by atoms with E-state index in [2.05, 4.69) is 13.8 Å². The van der Waals surface area contributed by atoms with Crippen LogP contribution in [0.4, 0.5) is 0 Å². The number of thioether (sulfide) groups is 1. The first-order chi connectivity index (χ1) is 12.4. The van der Waals surface area contributed by atoms with E-state index in [0.717, 1.165) is 6.42 Å². The van der Waals surface area contributed by atoms with Gasteiger partial charge < -0.3 is 14.4 Å². The van der Waals surface area contributed by atoms with Crippen molar-refractivity contribution in [1.82, 2.24) is 4.90 Å². The van der Waals surface area contributed by atoms with Crippen molar-refractivity contribution in [2.24, 2.45) is 11.8 Å². The molecule has 1 aliphatic heterocycles. The molecule has 1 aromatic rings. The van der Waals surface area contributed by atoms with Gasteiger partial charge in [-0.25, -0.2) is 4.79 Å². The van der Waals surface area contributed by atoms with Gasteiger partial charge in [-0.2, -0.15) is 0 Å². The molecule has 0 radical (unpaired) electrons. The van der Waals surface area contributed by atoms with Crippen LogP contribution in [0.15, 0.2) is 30.3 Å². The van der Waals surface area contributed by atoms with Gasteiger partial charge in [0.15, 0.2) is 6.61 Å². The molecule has 1 amide bonds. The number of amides is 1. The SMILES string of the molecule is CC(C)COC(=O)C1CSC(CC(C)C)N1C(=O)COc1ccccc1. The summed E-state index contributed by atoms with van der Waals surface area (Å²) in [5.41, 5.74) is 0. The van der Waals surface area contributed by atoms with Gasteiger partial charge in [0.05, 0.1) is 12.0 Å². The maximum atomic E-state index is 12.8. The molecule has 26 heavy (non-hydrogen) atoms. The van der Waals surface area contributed by atoms with E-state index in [1.54, 1.807) is 16.7 Å². The highest BCUT2D eigenvalue weighted by Crippen LogP contribution is 2.34. The second-order valence-electron chi connectivity index (χ2n) is 7.36. The van der Waals surface area contributed by atoms with Gasteiger partial charge in [-0.1, -0.05) is 45.9 Å². The van der Waals surface area contributed by atoms with Crippen LogP contribution in [0, 0.1) is 11.8 Å². The zero-order valence-corrected chi connectivity index (χ0v) is 16.8. The van der Waals surface area contributed by atoms with Crippen LogP contribution in [-0.4, -0.2) is 47.2 Å². The van der Waals surface area contributed by atoms with Crippen molar-refractivity contribution in [1.29, 1.82) is 0 Å². The normalized spacial score (nSPS) is 19.8. The highest BCUT2D eigenvalue weighted by molar-refractivity contribution is 8.00. The number of carbonyl (C=O) groups is 2. The van der Waals surface area contributed by atoms with Crippen molar-refractivity contribution in [2.45, 2.75) is 45.5 Å². The smallest absolute Gasteiger partial charge is 0.329 e. The first kappa shape index (κ1) is 20.6. The molecule has 2 unspecified atom stereocenters. The zero-order valence-electron chi connectivity index (χ0n) is 16.0. The Bertz CT molecular complexity index is 591. The Morgan fingerprint density at radius 1 is 1.15 bits per heavy atom. The predicted molar refractivity (Wildman–Crippen MR) is 104 cm³/mol. The third kappa shape index (κ3) is 5.94. The van der Waals surface area contributed by atoms with E-state index >= 15 is 0 Å². The summed E-state index contributed by atoms with van der Waals surface area (Å²) < 4.78 is 11.0. The predicted octanol–water partition coefficient (Wildman–Crippen LogP) is 3.58. The van der Waals surface area contributed by atoms with Crippen LogP contribution in [0.1, 0.15) is 34.1 Å². The summed E-state index contributed by atoms with van der Waals surface area (Å²) in [6.45, 7) is 8.52. The number of nitrogens with zero attached hydrogens (tertiary/aromatic N) is 1. The van der Waals surface area contributed by atoms with E-state index in [4.69, 9.17) is 9.47 Å². The molecule has 1 saturated heterocycles. The Morgan fingerprint density at radius 3 is 2.46 bits per heavy atom. The number of hydrogen-bond acceptors (Lipinski definition) is 5. The largest absolute Gasteiger partial charge is 0.484 e. The summed E-state index contributed by atoms with van der Waals surface area (Å²) in [6.07, 6.45) is 0.843. The summed E-state index contributed by atoms with van der Waals surface area (Å²) in [4.78, 5) is 27.0. The van der Waals surface area contributed by atoms with Crippen LogP contribution >= 0.6 is 11.8 Å². The Kier molecular flexibility index (Phi) is 7.82. The van der Waals surface area contributed by atoms with Crippen LogP contribution in [0.2, 0.25) is 0 Å². The van der Waals surface area contributed by atoms with E-state index in [9.17, 15) is 9.59 Å². The van der Waals surface area contributed by atoms with Crippen molar-refractivity contribution < 1.29 is 19.1 Å². The Morgan fingerprint density at radius 2 is 1.85 bits per heavy atom. The quantitative estimate of drug-likeness (QED) is 0.646. The lowest BCUT2D eigenvalue weighted by molar-refractivity contribution is -0.155. The van der Waals surface area contributed by atoms with Gasteiger partial charge in [-0.3, -0.25) is 4.79 Å². The molecule has 2 atom stereocenters. The van der Waals surface area contributed by atoms with Crippen molar-refractivity contribution in [3.05, 3.63) is 30.3 Å². The average Bonchev–Trinajstić information content (AvgIpc) is 3.01. The molecule has 1 heterocycles. The molecule has 1 fully saturated rings. The van der Waals surface area contributed by atoms with Gasteiger partial charge in [-0.05, 0) is 30.4 Å². The van der Waals surface area contributed by atoms with Crippen molar-refractivity contribution in [3.63, 3.8) is 0 Å². The average molecular weight is 380 g/mol. The third-order valence-electron chi connectivity index (χ3n) is 3.99. The van der Waals surface area contributed by atoms with Gasteiger partial charge in [0.1, 0.15) is 11.8 Å². The fourth-order valence-electron chi connectivity index (χ4n) is 2.75. The van der Waals surface area contributed by atoms with Crippen LogP contribution in [-0.2, 0) is 14.3 Å². The van der Waals surface area contributed by atoms with Crippen LogP contribution in [0.5, 0.6) is 5.75 Å². The molecule has 1 aromatic carbocycles. The summed E-state index contributed by atoms with van der Waals surface area (Å²) in [6, 6.07) is 8.70. The van der Waals surface area contributed by atoms with E-state index in [1.807, 2.05) is 44.2 Å². The highest BCUT2D eigenvalue weighted by atomic mass is 32.2. The minimum atomic E-state index is -0.533. The van der Waals surface area contributed by atoms with Gasteiger partial charge in [0.25, 0.3) is 5.91 Å². The minimum absolute atomic E-state index is 0.0153. The first-order valence-corrected chi connectivity index (χ1v) is 10.2. The minimum Gasteiger partial charge on any atom is -0.484 e. The van der Waals surface area contributed by atoms with E-state index in [1.165, 1.54) is 0 Å². The Hall–Kier alpha value is -1.69. The van der Waals surface area contributed by atoms with Gasteiger partial charge in [0, 0.05) is 5.75 Å². The third-order valence-corrected chi connectivity index (χ3v) is 5.30. The lowest BCUT2D eigenvalue weighted by Gasteiger charge is -2.29. The second-order valence-corrected chi connectivity index (χ2v) is 8.57. The summed E-state index contributed by atoms with van der Waals surface area (Å²) in [5.74, 6) is 1.44.